The van der Waals surface area contributed by atoms with Gasteiger partial charge in [0.05, 0.1) is 17.2 Å². The van der Waals surface area contributed by atoms with Gasteiger partial charge in [0.2, 0.25) is 0 Å². The fraction of sp³-hybridized carbons (Fsp3) is 0.174. The molecule has 31 heavy (non-hydrogen) atoms. The van der Waals surface area contributed by atoms with Crippen LogP contribution >= 0.6 is 39.1 Å². The van der Waals surface area contributed by atoms with Gasteiger partial charge in [-0.05, 0) is 60.5 Å². The van der Waals surface area contributed by atoms with Gasteiger partial charge in [-0.15, -0.1) is 0 Å². The van der Waals surface area contributed by atoms with Crippen molar-refractivity contribution in [1.82, 2.24) is 0 Å². The van der Waals surface area contributed by atoms with Crippen LogP contribution in [-0.4, -0.2) is 17.7 Å². The maximum Gasteiger partial charge on any atom is 0.337 e. The number of ether oxygens (including phenoxy) is 2. The third-order valence-corrected chi connectivity index (χ3v) is 5.68. The molecule has 0 amide bonds. The first kappa shape index (κ1) is 23.3. The normalized spacial score (nSPS) is 10.6. The molecule has 3 rings (SSSR count). The molecule has 0 spiro atoms. The molecule has 0 saturated heterocycles. The van der Waals surface area contributed by atoms with Crippen molar-refractivity contribution in [3.63, 3.8) is 0 Å². The molecule has 0 bridgehead atoms. The van der Waals surface area contributed by atoms with Crippen molar-refractivity contribution in [3.05, 3.63) is 85.8 Å². The highest BCUT2D eigenvalue weighted by molar-refractivity contribution is 9.10. The second kappa shape index (κ2) is 10.8. The van der Waals surface area contributed by atoms with Crippen molar-refractivity contribution >= 4 is 50.8 Å². The SMILES string of the molecule is CCOc1cc(CNc2ccc(Cl)c(C(=O)O)c2)c(Br)cc1OCc1cccc(Cl)c1. The molecule has 0 radical (unpaired) electrons. The average Bonchev–Trinajstić information content (AvgIpc) is 2.73. The average molecular weight is 525 g/mol. The van der Waals surface area contributed by atoms with Crippen molar-refractivity contribution in [1.29, 1.82) is 0 Å². The van der Waals surface area contributed by atoms with Crippen molar-refractivity contribution in [2.45, 2.75) is 20.1 Å². The third kappa shape index (κ3) is 6.29. The number of rotatable bonds is 9. The highest BCUT2D eigenvalue weighted by Gasteiger charge is 2.13. The van der Waals surface area contributed by atoms with E-state index >= 15 is 0 Å². The molecule has 0 heterocycles. The van der Waals surface area contributed by atoms with E-state index in [-0.39, 0.29) is 10.6 Å². The monoisotopic (exact) mass is 523 g/mol. The summed E-state index contributed by atoms with van der Waals surface area (Å²) < 4.78 is 12.6. The molecule has 3 aromatic carbocycles. The predicted octanol–water partition coefficient (Wildman–Crippen LogP) is 7.04. The minimum atomic E-state index is -1.07. The Balaban J connectivity index is 1.76. The van der Waals surface area contributed by atoms with E-state index in [2.05, 4.69) is 21.2 Å². The highest BCUT2D eigenvalue weighted by Crippen LogP contribution is 2.35. The van der Waals surface area contributed by atoms with Crippen LogP contribution < -0.4 is 14.8 Å². The molecule has 0 saturated carbocycles. The Morgan fingerprint density at radius 2 is 1.84 bits per heavy atom. The molecule has 0 aliphatic heterocycles. The lowest BCUT2D eigenvalue weighted by Gasteiger charge is -2.16. The van der Waals surface area contributed by atoms with Crippen LogP contribution in [0.2, 0.25) is 10.0 Å². The topological polar surface area (TPSA) is 67.8 Å². The predicted molar refractivity (Wildman–Crippen MR) is 127 cm³/mol. The first-order chi connectivity index (χ1) is 14.9. The molecule has 162 valence electrons. The summed E-state index contributed by atoms with van der Waals surface area (Å²) in [5.41, 5.74) is 2.57. The summed E-state index contributed by atoms with van der Waals surface area (Å²) in [4.78, 5) is 11.3. The molecule has 2 N–H and O–H groups in total. The maximum absolute atomic E-state index is 11.3. The van der Waals surface area contributed by atoms with Crippen LogP contribution in [0.3, 0.4) is 0 Å². The van der Waals surface area contributed by atoms with E-state index in [4.69, 9.17) is 32.7 Å². The Labute approximate surface area is 199 Å². The first-order valence-corrected chi connectivity index (χ1v) is 11.0. The van der Waals surface area contributed by atoms with E-state index in [9.17, 15) is 9.90 Å². The highest BCUT2D eigenvalue weighted by atomic mass is 79.9. The summed E-state index contributed by atoms with van der Waals surface area (Å²) in [5, 5.41) is 13.3. The number of nitrogens with one attached hydrogen (secondary N) is 1. The Morgan fingerprint density at radius 3 is 2.55 bits per heavy atom. The first-order valence-electron chi connectivity index (χ1n) is 9.46. The summed E-state index contributed by atoms with van der Waals surface area (Å²) in [6, 6.07) is 16.0. The molecular formula is C23H20BrCl2NO4. The lowest BCUT2D eigenvalue weighted by atomic mass is 10.1. The van der Waals surface area contributed by atoms with Gasteiger partial charge < -0.3 is 19.9 Å². The van der Waals surface area contributed by atoms with E-state index in [1.807, 2.05) is 43.3 Å². The van der Waals surface area contributed by atoms with E-state index in [0.29, 0.717) is 42.0 Å². The van der Waals surface area contributed by atoms with Crippen LogP contribution in [0.1, 0.15) is 28.4 Å². The van der Waals surface area contributed by atoms with Crippen LogP contribution in [0.15, 0.2) is 59.1 Å². The smallest absolute Gasteiger partial charge is 0.337 e. The molecule has 0 unspecified atom stereocenters. The van der Waals surface area contributed by atoms with Crippen LogP contribution in [0.5, 0.6) is 11.5 Å². The van der Waals surface area contributed by atoms with Gasteiger partial charge in [0.15, 0.2) is 11.5 Å². The number of anilines is 1. The van der Waals surface area contributed by atoms with E-state index in [1.165, 1.54) is 6.07 Å². The quantitative estimate of drug-likeness (QED) is 0.314. The number of aromatic carboxylic acids is 1. The minimum absolute atomic E-state index is 0.0468. The molecular weight excluding hydrogens is 505 g/mol. The van der Waals surface area contributed by atoms with Crippen molar-refractivity contribution in [3.8, 4) is 11.5 Å². The van der Waals surface area contributed by atoms with Gasteiger partial charge in [-0.1, -0.05) is 51.3 Å². The van der Waals surface area contributed by atoms with Gasteiger partial charge in [-0.3, -0.25) is 0 Å². The fourth-order valence-corrected chi connectivity index (χ4v) is 3.75. The second-order valence-corrected chi connectivity index (χ2v) is 8.29. The molecule has 0 atom stereocenters. The Bertz CT molecular complexity index is 1090. The van der Waals surface area contributed by atoms with Crippen LogP contribution in [0, 0.1) is 0 Å². The van der Waals surface area contributed by atoms with Gasteiger partial charge in [-0.25, -0.2) is 4.79 Å². The standard InChI is InChI=1S/C23H20BrCl2NO4/c1-2-30-21-9-15(12-27-17-6-7-20(26)18(10-17)23(28)29)19(24)11-22(21)31-13-14-4-3-5-16(25)8-14/h3-11,27H,2,12-13H2,1H3,(H,28,29). The molecule has 8 heteroatoms. The summed E-state index contributed by atoms with van der Waals surface area (Å²) in [5.74, 6) is 0.152. The van der Waals surface area contributed by atoms with E-state index in [0.717, 1.165) is 15.6 Å². The zero-order valence-electron chi connectivity index (χ0n) is 16.6. The van der Waals surface area contributed by atoms with E-state index in [1.54, 1.807) is 12.1 Å². The molecule has 0 aromatic heterocycles. The Kier molecular flexibility index (Phi) is 8.07. The number of hydrogen-bond donors (Lipinski definition) is 2. The van der Waals surface area contributed by atoms with Gasteiger partial charge in [0.25, 0.3) is 0 Å². The number of carboxylic acids is 1. The van der Waals surface area contributed by atoms with Crippen LogP contribution in [-0.2, 0) is 13.2 Å². The van der Waals surface area contributed by atoms with Gasteiger partial charge >= 0.3 is 5.97 Å². The summed E-state index contributed by atoms with van der Waals surface area (Å²) in [6.07, 6.45) is 0. The van der Waals surface area contributed by atoms with Gasteiger partial charge in [0.1, 0.15) is 6.61 Å². The Hall–Kier alpha value is -2.41. The summed E-state index contributed by atoms with van der Waals surface area (Å²) in [7, 11) is 0. The van der Waals surface area contributed by atoms with Gasteiger partial charge in [0, 0.05) is 21.7 Å². The van der Waals surface area contributed by atoms with E-state index < -0.39 is 5.97 Å². The molecule has 0 fully saturated rings. The minimum Gasteiger partial charge on any atom is -0.490 e. The zero-order valence-corrected chi connectivity index (χ0v) is 19.7. The maximum atomic E-state index is 11.3. The third-order valence-electron chi connectivity index (χ3n) is 4.38. The molecule has 5 nitrogen and oxygen atoms in total. The Morgan fingerprint density at radius 1 is 1.06 bits per heavy atom. The van der Waals surface area contributed by atoms with Gasteiger partial charge in [-0.2, -0.15) is 0 Å². The summed E-state index contributed by atoms with van der Waals surface area (Å²) >= 11 is 15.6. The molecule has 3 aromatic rings. The molecule has 0 aliphatic rings. The number of hydrogen-bond acceptors (Lipinski definition) is 4. The van der Waals surface area contributed by atoms with Crippen molar-refractivity contribution in [2.24, 2.45) is 0 Å². The van der Waals surface area contributed by atoms with Crippen molar-refractivity contribution < 1.29 is 19.4 Å². The zero-order chi connectivity index (χ0) is 22.4. The van der Waals surface area contributed by atoms with Crippen LogP contribution in [0.4, 0.5) is 5.69 Å². The largest absolute Gasteiger partial charge is 0.490 e. The van der Waals surface area contributed by atoms with Crippen LogP contribution in [0.25, 0.3) is 0 Å². The number of carboxylic acid groups (broad SMARTS) is 1. The number of benzene rings is 3. The lowest BCUT2D eigenvalue weighted by Crippen LogP contribution is -2.05. The lowest BCUT2D eigenvalue weighted by molar-refractivity contribution is 0.0697. The second-order valence-electron chi connectivity index (χ2n) is 6.60. The van der Waals surface area contributed by atoms with Crippen molar-refractivity contribution in [2.75, 3.05) is 11.9 Å². The molecule has 0 aliphatic carbocycles. The summed E-state index contributed by atoms with van der Waals surface area (Å²) in [6.45, 7) is 3.19. The fourth-order valence-electron chi connectivity index (χ4n) is 2.88. The number of halogens is 3. The number of carbonyl (C=O) groups is 1.